The number of aromatic nitrogens is 4. The van der Waals surface area contributed by atoms with Gasteiger partial charge in [-0.25, -0.2) is 14.6 Å². The molecule has 1 saturated heterocycles. The van der Waals surface area contributed by atoms with E-state index >= 15 is 0 Å². The van der Waals surface area contributed by atoms with Gasteiger partial charge in [0.1, 0.15) is 24.7 Å². The molecule has 1 aliphatic rings. The molecule has 0 bridgehead atoms. The lowest BCUT2D eigenvalue weighted by molar-refractivity contribution is -0.118. The smallest absolute Gasteiger partial charge is 0.339 e. The Morgan fingerprint density at radius 3 is 2.33 bits per heavy atom. The summed E-state index contributed by atoms with van der Waals surface area (Å²) in [5.74, 6) is -2.16. The monoisotopic (exact) mass is 719 g/mol. The van der Waals surface area contributed by atoms with Gasteiger partial charge in [-0.2, -0.15) is 4.98 Å². The van der Waals surface area contributed by atoms with E-state index in [1.807, 2.05) is 12.1 Å². The number of aromatic amines is 1. The third-order valence-electron chi connectivity index (χ3n) is 9.28. The lowest BCUT2D eigenvalue weighted by Gasteiger charge is -2.39. The number of hydrogen-bond donors (Lipinski definition) is 3. The second-order valence-corrected chi connectivity index (χ2v) is 19.8. The lowest BCUT2D eigenvalue weighted by Crippen LogP contribution is -2.46. The number of hydrogen-bond acceptors (Lipinski definition) is 10. The Balaban J connectivity index is 1.34. The SMILES string of the molecule is CC(C)(C)c1ccc(OCC(=O)Nc2nc3c(ncn3[C@H]3C[C@H](O[Si](C)(C)C(C)(C)C)[C@@H](COC(=O)c4ccccc4C(=O)O)O3)c(=O)[nH]2)cc1. The van der Waals surface area contributed by atoms with Crippen LogP contribution in [0.3, 0.4) is 0 Å². The largest absolute Gasteiger partial charge is 0.484 e. The van der Waals surface area contributed by atoms with Crippen molar-refractivity contribution in [3.8, 4) is 5.75 Å². The van der Waals surface area contributed by atoms with Gasteiger partial charge < -0.3 is 23.7 Å². The van der Waals surface area contributed by atoms with Crippen molar-refractivity contribution < 1.29 is 38.1 Å². The molecule has 2 aromatic carbocycles. The quantitative estimate of drug-likeness (QED) is 0.128. The summed E-state index contributed by atoms with van der Waals surface area (Å²) in [4.78, 5) is 61.8. The number of carbonyl (C=O) groups excluding carboxylic acids is 2. The summed E-state index contributed by atoms with van der Waals surface area (Å²) in [6, 6.07) is 13.3. The molecule has 0 saturated carbocycles. The van der Waals surface area contributed by atoms with E-state index in [4.69, 9.17) is 18.6 Å². The predicted octanol–water partition coefficient (Wildman–Crippen LogP) is 5.67. The number of nitrogens with one attached hydrogen (secondary N) is 2. The standard InChI is InChI=1S/C36H45N5O9Si/c1-35(2,3)21-13-15-22(16-14-21)47-19-27(42)38-34-39-30-29(31(43)40-34)37-20-41(30)28-17-25(50-51(7,8)36(4,5)6)26(49-28)18-48-33(46)24-12-10-9-11-23(24)32(44)45/h9-16,20,25-26,28H,17-19H2,1-8H3,(H,44,45)(H2,38,39,40,42,43)/t25-,26+,28+/m0/s1. The molecule has 0 radical (unpaired) electrons. The minimum Gasteiger partial charge on any atom is -0.484 e. The Bertz CT molecular complexity index is 1980. The van der Waals surface area contributed by atoms with Crippen LogP contribution in [-0.2, 0) is 24.1 Å². The van der Waals surface area contributed by atoms with Crippen molar-refractivity contribution in [3.05, 3.63) is 81.9 Å². The van der Waals surface area contributed by atoms with Gasteiger partial charge in [-0.1, -0.05) is 65.8 Å². The van der Waals surface area contributed by atoms with Gasteiger partial charge in [-0.05, 0) is 53.4 Å². The van der Waals surface area contributed by atoms with Crippen LogP contribution >= 0.6 is 0 Å². The van der Waals surface area contributed by atoms with Crippen LogP contribution in [0.1, 0.15) is 80.5 Å². The Kier molecular flexibility index (Phi) is 10.6. The number of rotatable bonds is 11. The van der Waals surface area contributed by atoms with Gasteiger partial charge in [0.05, 0.1) is 23.6 Å². The van der Waals surface area contributed by atoms with Gasteiger partial charge in [-0.3, -0.25) is 24.5 Å². The number of benzene rings is 2. The minimum atomic E-state index is -2.36. The van der Waals surface area contributed by atoms with Crippen LogP contribution in [0.4, 0.5) is 5.95 Å². The molecule has 14 nitrogen and oxygen atoms in total. The zero-order valence-corrected chi connectivity index (χ0v) is 31.1. The predicted molar refractivity (Wildman–Crippen MR) is 192 cm³/mol. The van der Waals surface area contributed by atoms with E-state index in [0.29, 0.717) is 12.2 Å². The van der Waals surface area contributed by atoms with E-state index in [-0.39, 0.29) is 51.9 Å². The van der Waals surface area contributed by atoms with Crippen molar-refractivity contribution in [2.24, 2.45) is 0 Å². The number of H-pyrrole nitrogens is 1. The highest BCUT2D eigenvalue weighted by Crippen LogP contribution is 2.41. The number of carboxylic acid groups (broad SMARTS) is 1. The van der Waals surface area contributed by atoms with Crippen molar-refractivity contribution >= 4 is 43.3 Å². The third kappa shape index (κ3) is 8.55. The molecule has 2 aromatic heterocycles. The first-order valence-electron chi connectivity index (χ1n) is 16.7. The van der Waals surface area contributed by atoms with Crippen LogP contribution in [0, 0.1) is 0 Å². The van der Waals surface area contributed by atoms with E-state index < -0.39 is 50.2 Å². The van der Waals surface area contributed by atoms with Gasteiger partial charge in [0.2, 0.25) is 5.95 Å². The Morgan fingerprint density at radius 2 is 1.71 bits per heavy atom. The number of carbonyl (C=O) groups is 3. The van der Waals surface area contributed by atoms with Gasteiger partial charge >= 0.3 is 11.9 Å². The fourth-order valence-corrected chi connectivity index (χ4v) is 6.71. The van der Waals surface area contributed by atoms with Crippen LogP contribution in [0.5, 0.6) is 5.75 Å². The molecular weight excluding hydrogens is 675 g/mol. The number of aromatic carboxylic acids is 1. The molecule has 3 N–H and O–H groups in total. The van der Waals surface area contributed by atoms with Gasteiger partial charge in [0, 0.05) is 6.42 Å². The molecule has 272 valence electrons. The Morgan fingerprint density at radius 1 is 1.04 bits per heavy atom. The fraction of sp³-hybridized carbons (Fsp3) is 0.444. The molecule has 0 unspecified atom stereocenters. The molecular formula is C36H45N5O9Si. The van der Waals surface area contributed by atoms with Crippen molar-refractivity contribution in [3.63, 3.8) is 0 Å². The van der Waals surface area contributed by atoms with E-state index in [1.165, 1.54) is 24.5 Å². The second kappa shape index (κ2) is 14.4. The number of imidazole rings is 1. The van der Waals surface area contributed by atoms with Crippen LogP contribution in [0.15, 0.2) is 59.7 Å². The summed E-state index contributed by atoms with van der Waals surface area (Å²) in [5, 5.41) is 12.0. The number of esters is 1. The first kappa shape index (κ1) is 37.4. The maximum atomic E-state index is 13.0. The van der Waals surface area contributed by atoms with Crippen molar-refractivity contribution in [1.82, 2.24) is 19.5 Å². The lowest BCUT2D eigenvalue weighted by atomic mass is 9.87. The minimum absolute atomic E-state index is 0.0230. The van der Waals surface area contributed by atoms with Crippen molar-refractivity contribution in [2.45, 2.75) is 89.9 Å². The Hall–Kier alpha value is -4.86. The number of ether oxygens (including phenoxy) is 3. The van der Waals surface area contributed by atoms with Crippen LogP contribution in [0.2, 0.25) is 18.1 Å². The summed E-state index contributed by atoms with van der Waals surface area (Å²) in [6.07, 6.45) is -0.250. The van der Waals surface area contributed by atoms with Crippen LogP contribution in [-0.4, -0.2) is 76.2 Å². The summed E-state index contributed by atoms with van der Waals surface area (Å²) in [5.41, 5.74) is 0.484. The highest BCUT2D eigenvalue weighted by molar-refractivity contribution is 6.74. The van der Waals surface area contributed by atoms with E-state index in [9.17, 15) is 24.3 Å². The van der Waals surface area contributed by atoms with Crippen molar-refractivity contribution in [1.29, 1.82) is 0 Å². The zero-order valence-electron chi connectivity index (χ0n) is 30.1. The first-order chi connectivity index (χ1) is 23.8. The second-order valence-electron chi connectivity index (χ2n) is 15.1. The summed E-state index contributed by atoms with van der Waals surface area (Å²) >= 11 is 0. The average Bonchev–Trinajstić information content (AvgIpc) is 3.65. The Labute approximate surface area is 296 Å². The van der Waals surface area contributed by atoms with Gasteiger partial charge in [0.25, 0.3) is 11.5 Å². The maximum Gasteiger partial charge on any atom is 0.339 e. The molecule has 1 amide bonds. The molecule has 3 atom stereocenters. The third-order valence-corrected chi connectivity index (χ3v) is 13.8. The normalized spacial score (nSPS) is 18.1. The van der Waals surface area contributed by atoms with E-state index in [2.05, 4.69) is 74.9 Å². The fourth-order valence-electron chi connectivity index (χ4n) is 5.35. The number of fused-ring (bicyclic) bond motifs is 1. The van der Waals surface area contributed by atoms with Gasteiger partial charge in [0.15, 0.2) is 26.1 Å². The molecule has 5 rings (SSSR count). The molecule has 0 aliphatic carbocycles. The first-order valence-corrected chi connectivity index (χ1v) is 19.6. The highest BCUT2D eigenvalue weighted by Gasteiger charge is 2.46. The molecule has 1 aliphatic heterocycles. The molecule has 51 heavy (non-hydrogen) atoms. The number of carboxylic acids is 1. The molecule has 4 aromatic rings. The van der Waals surface area contributed by atoms with E-state index in [1.54, 1.807) is 22.8 Å². The molecule has 15 heteroatoms. The highest BCUT2D eigenvalue weighted by atomic mass is 28.4. The summed E-state index contributed by atoms with van der Waals surface area (Å²) < 4.78 is 26.0. The molecule has 0 spiro atoms. The zero-order chi connectivity index (χ0) is 37.3. The van der Waals surface area contributed by atoms with Crippen molar-refractivity contribution in [2.75, 3.05) is 18.5 Å². The molecule has 3 heterocycles. The summed E-state index contributed by atoms with van der Waals surface area (Å²) in [7, 11) is -2.36. The number of nitrogens with zero attached hydrogens (tertiary/aromatic N) is 3. The van der Waals surface area contributed by atoms with Gasteiger partial charge in [-0.15, -0.1) is 0 Å². The average molecular weight is 720 g/mol. The molecule has 1 fully saturated rings. The topological polar surface area (TPSA) is 184 Å². The van der Waals surface area contributed by atoms with Crippen LogP contribution < -0.4 is 15.6 Å². The maximum absolute atomic E-state index is 13.0. The van der Waals surface area contributed by atoms with Crippen LogP contribution in [0.25, 0.3) is 11.2 Å². The number of amides is 1. The van der Waals surface area contributed by atoms with E-state index in [0.717, 1.165) is 5.56 Å². The number of anilines is 1. The summed E-state index contributed by atoms with van der Waals surface area (Å²) in [6.45, 7) is 16.3.